The number of piperidine rings is 1. The highest BCUT2D eigenvalue weighted by molar-refractivity contribution is 5.82. The number of rotatable bonds is 5. The molecule has 1 aliphatic carbocycles. The molecule has 0 aromatic carbocycles. The Morgan fingerprint density at radius 1 is 1.25 bits per heavy atom. The molecule has 1 aromatic rings. The van der Waals surface area contributed by atoms with E-state index in [2.05, 4.69) is 29.9 Å². The second kappa shape index (κ2) is 7.26. The van der Waals surface area contributed by atoms with Gasteiger partial charge in [-0.2, -0.15) is 5.10 Å². The second-order valence-corrected chi connectivity index (χ2v) is 7.97. The molecule has 2 fully saturated rings. The lowest BCUT2D eigenvalue weighted by Gasteiger charge is -2.39. The Balaban J connectivity index is 1.60. The third-order valence-corrected chi connectivity index (χ3v) is 6.19. The normalized spacial score (nSPS) is 20.7. The van der Waals surface area contributed by atoms with E-state index >= 15 is 0 Å². The fraction of sp³-hybridized carbons (Fsp3) is 0.789. The fourth-order valence-corrected chi connectivity index (χ4v) is 4.58. The molecular formula is C19H31N3O2. The number of carbonyl (C=O) groups is 1. The molecule has 5 heteroatoms. The number of carbonyl (C=O) groups excluding carboxylic acids is 1. The van der Waals surface area contributed by atoms with E-state index in [-0.39, 0.29) is 12.0 Å². The first-order valence-corrected chi connectivity index (χ1v) is 9.46. The minimum absolute atomic E-state index is 0.113. The molecule has 5 nitrogen and oxygen atoms in total. The largest absolute Gasteiger partial charge is 0.394 e. The lowest BCUT2D eigenvalue weighted by Crippen LogP contribution is -2.47. The number of aliphatic hydroxyl groups excluding tert-OH is 1. The SMILES string of the molecule is CC(C)(C(=O)N1CCC(c2ccnn2CCO)CC1)C1CCCC1. The number of hydrogen-bond donors (Lipinski definition) is 1. The predicted octanol–water partition coefficient (Wildman–Crippen LogP) is 2.80. The third kappa shape index (κ3) is 3.37. The van der Waals surface area contributed by atoms with Crippen LogP contribution in [0.3, 0.4) is 0 Å². The molecule has 0 unspecified atom stereocenters. The minimum Gasteiger partial charge on any atom is -0.394 e. The van der Waals surface area contributed by atoms with Crippen LogP contribution in [0.2, 0.25) is 0 Å². The zero-order valence-electron chi connectivity index (χ0n) is 15.1. The molecular weight excluding hydrogens is 302 g/mol. The first kappa shape index (κ1) is 17.5. The van der Waals surface area contributed by atoms with Crippen LogP contribution in [0.15, 0.2) is 12.3 Å². The Hall–Kier alpha value is -1.36. The van der Waals surface area contributed by atoms with Gasteiger partial charge >= 0.3 is 0 Å². The van der Waals surface area contributed by atoms with Crippen molar-refractivity contribution < 1.29 is 9.90 Å². The molecule has 0 spiro atoms. The van der Waals surface area contributed by atoms with Gasteiger partial charge in [-0.1, -0.05) is 26.7 Å². The summed E-state index contributed by atoms with van der Waals surface area (Å²) in [5, 5.41) is 13.5. The molecule has 0 bridgehead atoms. The van der Waals surface area contributed by atoms with E-state index in [1.54, 1.807) is 0 Å². The van der Waals surface area contributed by atoms with E-state index < -0.39 is 0 Å². The first-order valence-electron chi connectivity index (χ1n) is 9.46. The van der Waals surface area contributed by atoms with Crippen molar-refractivity contribution in [3.8, 4) is 0 Å². The molecule has 1 N–H and O–H groups in total. The zero-order valence-corrected chi connectivity index (χ0v) is 15.1. The van der Waals surface area contributed by atoms with Gasteiger partial charge in [-0.15, -0.1) is 0 Å². The molecule has 2 aliphatic rings. The van der Waals surface area contributed by atoms with E-state index in [0.29, 0.717) is 24.3 Å². The van der Waals surface area contributed by atoms with Crippen molar-refractivity contribution in [1.29, 1.82) is 0 Å². The molecule has 1 saturated carbocycles. The maximum Gasteiger partial charge on any atom is 0.228 e. The number of hydrogen-bond acceptors (Lipinski definition) is 3. The van der Waals surface area contributed by atoms with E-state index in [9.17, 15) is 4.79 Å². The fourth-order valence-electron chi connectivity index (χ4n) is 4.58. The topological polar surface area (TPSA) is 58.4 Å². The number of aliphatic hydroxyl groups is 1. The maximum atomic E-state index is 13.0. The Bertz CT molecular complexity index is 553. The van der Waals surface area contributed by atoms with Gasteiger partial charge in [0.05, 0.1) is 13.2 Å². The molecule has 1 aromatic heterocycles. The third-order valence-electron chi connectivity index (χ3n) is 6.19. The van der Waals surface area contributed by atoms with Gasteiger partial charge in [0, 0.05) is 36.3 Å². The van der Waals surface area contributed by atoms with Gasteiger partial charge in [-0.25, -0.2) is 0 Å². The van der Waals surface area contributed by atoms with Crippen molar-refractivity contribution >= 4 is 5.91 Å². The van der Waals surface area contributed by atoms with Gasteiger partial charge in [0.25, 0.3) is 0 Å². The monoisotopic (exact) mass is 333 g/mol. The van der Waals surface area contributed by atoms with E-state index in [4.69, 9.17) is 5.11 Å². The van der Waals surface area contributed by atoms with Crippen molar-refractivity contribution in [2.24, 2.45) is 11.3 Å². The van der Waals surface area contributed by atoms with Crippen LogP contribution in [-0.4, -0.2) is 45.4 Å². The number of amides is 1. The molecule has 1 saturated heterocycles. The van der Waals surface area contributed by atoms with Crippen LogP contribution >= 0.6 is 0 Å². The number of aromatic nitrogens is 2. The van der Waals surface area contributed by atoms with Crippen molar-refractivity contribution in [3.05, 3.63) is 18.0 Å². The standard InChI is InChI=1S/C19H31N3O2/c1-19(2,16-5-3-4-6-16)18(24)21-11-8-15(9-12-21)17-7-10-20-22(17)13-14-23/h7,10,15-16,23H,3-6,8-9,11-14H2,1-2H3. The highest BCUT2D eigenvalue weighted by Gasteiger charge is 2.41. The molecule has 134 valence electrons. The summed E-state index contributed by atoms with van der Waals surface area (Å²) in [4.78, 5) is 15.1. The van der Waals surface area contributed by atoms with Crippen molar-refractivity contribution in [2.75, 3.05) is 19.7 Å². The summed E-state index contributed by atoms with van der Waals surface area (Å²) in [6.07, 6.45) is 8.75. The smallest absolute Gasteiger partial charge is 0.228 e. The van der Waals surface area contributed by atoms with Crippen molar-refractivity contribution in [1.82, 2.24) is 14.7 Å². The van der Waals surface area contributed by atoms with Crippen LogP contribution in [0.1, 0.15) is 64.0 Å². The predicted molar refractivity (Wildman–Crippen MR) is 93.6 cm³/mol. The summed E-state index contributed by atoms with van der Waals surface area (Å²) < 4.78 is 1.91. The Morgan fingerprint density at radius 2 is 1.92 bits per heavy atom. The first-order chi connectivity index (χ1) is 11.5. The highest BCUT2D eigenvalue weighted by atomic mass is 16.3. The van der Waals surface area contributed by atoms with Crippen LogP contribution in [0.5, 0.6) is 0 Å². The molecule has 24 heavy (non-hydrogen) atoms. The molecule has 2 heterocycles. The molecule has 1 amide bonds. The van der Waals surface area contributed by atoms with Crippen LogP contribution in [0, 0.1) is 11.3 Å². The highest BCUT2D eigenvalue weighted by Crippen LogP contribution is 2.41. The van der Waals surface area contributed by atoms with Crippen LogP contribution < -0.4 is 0 Å². The lowest BCUT2D eigenvalue weighted by atomic mass is 9.76. The summed E-state index contributed by atoms with van der Waals surface area (Å²) in [5.74, 6) is 1.34. The summed E-state index contributed by atoms with van der Waals surface area (Å²) in [7, 11) is 0. The Morgan fingerprint density at radius 3 is 2.54 bits per heavy atom. The van der Waals surface area contributed by atoms with E-state index in [1.807, 2.05) is 10.9 Å². The van der Waals surface area contributed by atoms with Crippen molar-refractivity contribution in [3.63, 3.8) is 0 Å². The average Bonchev–Trinajstić information content (AvgIpc) is 3.27. The number of nitrogens with zero attached hydrogens (tertiary/aromatic N) is 3. The van der Waals surface area contributed by atoms with Crippen LogP contribution in [0.4, 0.5) is 0 Å². The maximum absolute atomic E-state index is 13.0. The zero-order chi connectivity index (χ0) is 17.2. The molecule has 3 rings (SSSR count). The number of likely N-dealkylation sites (tertiary alicyclic amines) is 1. The van der Waals surface area contributed by atoms with Gasteiger partial charge in [-0.3, -0.25) is 9.48 Å². The van der Waals surface area contributed by atoms with Gasteiger partial charge in [0.1, 0.15) is 0 Å². The Kier molecular flexibility index (Phi) is 5.28. The van der Waals surface area contributed by atoms with E-state index in [1.165, 1.54) is 31.4 Å². The molecule has 1 aliphatic heterocycles. The summed E-state index contributed by atoms with van der Waals surface area (Å²) >= 11 is 0. The lowest BCUT2D eigenvalue weighted by molar-refractivity contribution is -0.144. The van der Waals surface area contributed by atoms with Crippen molar-refractivity contribution in [2.45, 2.75) is 64.8 Å². The van der Waals surface area contributed by atoms with Gasteiger partial charge < -0.3 is 10.0 Å². The minimum atomic E-state index is -0.220. The van der Waals surface area contributed by atoms with Crippen LogP contribution in [0.25, 0.3) is 0 Å². The van der Waals surface area contributed by atoms with Gasteiger partial charge in [0.15, 0.2) is 0 Å². The molecule has 0 radical (unpaired) electrons. The Labute approximate surface area is 145 Å². The summed E-state index contributed by atoms with van der Waals surface area (Å²) in [6, 6.07) is 2.06. The summed E-state index contributed by atoms with van der Waals surface area (Å²) in [5.41, 5.74) is 0.980. The van der Waals surface area contributed by atoms with Gasteiger partial charge in [0.2, 0.25) is 5.91 Å². The van der Waals surface area contributed by atoms with Gasteiger partial charge in [-0.05, 0) is 37.7 Å². The average molecular weight is 333 g/mol. The quantitative estimate of drug-likeness (QED) is 0.901. The molecule has 0 atom stereocenters. The van der Waals surface area contributed by atoms with E-state index in [0.717, 1.165) is 25.9 Å². The second-order valence-electron chi connectivity index (χ2n) is 7.97. The van der Waals surface area contributed by atoms with Crippen LogP contribution in [-0.2, 0) is 11.3 Å². The summed E-state index contributed by atoms with van der Waals surface area (Å²) in [6.45, 7) is 6.63.